The molecule has 15 heavy (non-hydrogen) atoms. The molecule has 1 saturated heterocycles. The maximum Gasteiger partial charge on any atom is 0.225 e. The van der Waals surface area contributed by atoms with E-state index in [9.17, 15) is 4.79 Å². The molecule has 1 amide bonds. The highest BCUT2D eigenvalue weighted by Gasteiger charge is 2.30. The molecule has 0 aliphatic carbocycles. The lowest BCUT2D eigenvalue weighted by Crippen LogP contribution is -2.33. The Morgan fingerprint density at radius 1 is 1.60 bits per heavy atom. The molecule has 0 radical (unpaired) electrons. The van der Waals surface area contributed by atoms with E-state index in [0.717, 1.165) is 19.4 Å². The van der Waals surface area contributed by atoms with Crippen molar-refractivity contribution in [3.05, 3.63) is 22.4 Å². The van der Waals surface area contributed by atoms with Gasteiger partial charge in [-0.3, -0.25) is 4.79 Å². The Morgan fingerprint density at radius 3 is 3.00 bits per heavy atom. The van der Waals surface area contributed by atoms with Crippen molar-refractivity contribution in [1.29, 1.82) is 0 Å². The third-order valence-corrected chi connectivity index (χ3v) is 3.66. The molecular formula is C12H17NOS. The van der Waals surface area contributed by atoms with E-state index in [1.54, 1.807) is 11.3 Å². The second-order valence-electron chi connectivity index (χ2n) is 4.40. The topological polar surface area (TPSA) is 20.3 Å². The molecule has 1 aliphatic rings. The minimum atomic E-state index is 0.115. The summed E-state index contributed by atoms with van der Waals surface area (Å²) in [5.41, 5.74) is 1.31. The van der Waals surface area contributed by atoms with Gasteiger partial charge in [0.25, 0.3) is 0 Å². The zero-order valence-electron chi connectivity index (χ0n) is 9.27. The quantitative estimate of drug-likeness (QED) is 0.754. The molecule has 1 aromatic rings. The molecular weight excluding hydrogens is 206 g/mol. The number of nitrogens with zero attached hydrogens (tertiary/aromatic N) is 1. The van der Waals surface area contributed by atoms with E-state index in [-0.39, 0.29) is 5.92 Å². The van der Waals surface area contributed by atoms with Crippen LogP contribution in [-0.2, 0) is 4.79 Å². The standard InChI is InChI=1S/C12H17NOS/c1-9(2)12(14)13-6-3-4-11(13)10-5-7-15-8-10/h5,7-9,11H,3-4,6H2,1-2H3. The van der Waals surface area contributed by atoms with Crippen molar-refractivity contribution in [2.24, 2.45) is 5.92 Å². The lowest BCUT2D eigenvalue weighted by Gasteiger charge is -2.25. The van der Waals surface area contributed by atoms with Crippen LogP contribution in [0, 0.1) is 5.92 Å². The summed E-state index contributed by atoms with van der Waals surface area (Å²) in [7, 11) is 0. The van der Waals surface area contributed by atoms with Crippen LogP contribution in [0.5, 0.6) is 0 Å². The number of hydrogen-bond acceptors (Lipinski definition) is 2. The smallest absolute Gasteiger partial charge is 0.225 e. The SMILES string of the molecule is CC(C)C(=O)N1CCCC1c1ccsc1. The summed E-state index contributed by atoms with van der Waals surface area (Å²) in [6.45, 7) is 4.88. The van der Waals surface area contributed by atoms with Crippen LogP contribution in [0.15, 0.2) is 16.8 Å². The number of likely N-dealkylation sites (tertiary alicyclic amines) is 1. The van der Waals surface area contributed by atoms with Gasteiger partial charge in [-0.05, 0) is 35.2 Å². The van der Waals surface area contributed by atoms with Gasteiger partial charge in [-0.1, -0.05) is 13.8 Å². The van der Waals surface area contributed by atoms with E-state index in [0.29, 0.717) is 11.9 Å². The van der Waals surface area contributed by atoms with E-state index in [1.807, 2.05) is 18.7 Å². The Kier molecular flexibility index (Phi) is 3.10. The van der Waals surface area contributed by atoms with Crippen molar-refractivity contribution in [2.75, 3.05) is 6.54 Å². The van der Waals surface area contributed by atoms with E-state index < -0.39 is 0 Å². The summed E-state index contributed by atoms with van der Waals surface area (Å²) in [4.78, 5) is 14.0. The molecule has 0 spiro atoms. The fourth-order valence-electron chi connectivity index (χ4n) is 2.17. The predicted molar refractivity (Wildman–Crippen MR) is 62.8 cm³/mol. The van der Waals surface area contributed by atoms with Gasteiger partial charge in [-0.15, -0.1) is 0 Å². The predicted octanol–water partition coefficient (Wildman–Crippen LogP) is 3.07. The molecule has 0 aromatic carbocycles. The third-order valence-electron chi connectivity index (χ3n) is 2.96. The van der Waals surface area contributed by atoms with Crippen molar-refractivity contribution in [3.8, 4) is 0 Å². The van der Waals surface area contributed by atoms with E-state index in [4.69, 9.17) is 0 Å². The van der Waals surface area contributed by atoms with Crippen molar-refractivity contribution in [1.82, 2.24) is 4.90 Å². The molecule has 1 fully saturated rings. The maximum atomic E-state index is 12.0. The first-order valence-electron chi connectivity index (χ1n) is 5.52. The molecule has 1 aliphatic heterocycles. The monoisotopic (exact) mass is 223 g/mol. The van der Waals surface area contributed by atoms with Crippen LogP contribution < -0.4 is 0 Å². The van der Waals surface area contributed by atoms with Crippen molar-refractivity contribution in [3.63, 3.8) is 0 Å². The first-order chi connectivity index (χ1) is 7.20. The second-order valence-corrected chi connectivity index (χ2v) is 5.18. The summed E-state index contributed by atoms with van der Waals surface area (Å²) in [5.74, 6) is 0.410. The van der Waals surface area contributed by atoms with Crippen LogP contribution in [0.4, 0.5) is 0 Å². The van der Waals surface area contributed by atoms with Gasteiger partial charge >= 0.3 is 0 Å². The van der Waals surface area contributed by atoms with Crippen LogP contribution in [0.3, 0.4) is 0 Å². The number of hydrogen-bond donors (Lipinski definition) is 0. The van der Waals surface area contributed by atoms with Gasteiger partial charge in [0, 0.05) is 12.5 Å². The summed E-state index contributed by atoms with van der Waals surface area (Å²) in [6.07, 6.45) is 2.26. The minimum absolute atomic E-state index is 0.115. The lowest BCUT2D eigenvalue weighted by atomic mass is 10.1. The van der Waals surface area contributed by atoms with Gasteiger partial charge in [-0.2, -0.15) is 11.3 Å². The molecule has 2 rings (SSSR count). The molecule has 0 saturated carbocycles. The van der Waals surface area contributed by atoms with Crippen LogP contribution >= 0.6 is 11.3 Å². The van der Waals surface area contributed by atoms with E-state index >= 15 is 0 Å². The highest BCUT2D eigenvalue weighted by molar-refractivity contribution is 7.07. The molecule has 1 aromatic heterocycles. The molecule has 0 N–H and O–H groups in total. The first-order valence-corrected chi connectivity index (χ1v) is 6.47. The van der Waals surface area contributed by atoms with E-state index in [2.05, 4.69) is 16.8 Å². The van der Waals surface area contributed by atoms with Gasteiger partial charge in [0.1, 0.15) is 0 Å². The Morgan fingerprint density at radius 2 is 2.40 bits per heavy atom. The molecule has 0 bridgehead atoms. The van der Waals surface area contributed by atoms with Gasteiger partial charge < -0.3 is 4.90 Å². The Labute approximate surface area is 94.9 Å². The largest absolute Gasteiger partial charge is 0.335 e. The van der Waals surface area contributed by atoms with Crippen LogP contribution in [0.25, 0.3) is 0 Å². The number of thiophene rings is 1. The van der Waals surface area contributed by atoms with Gasteiger partial charge in [0.2, 0.25) is 5.91 Å². The van der Waals surface area contributed by atoms with Crippen LogP contribution in [0.1, 0.15) is 38.3 Å². The number of carbonyl (C=O) groups is 1. The summed E-state index contributed by atoms with van der Waals surface area (Å²) < 4.78 is 0. The fourth-order valence-corrected chi connectivity index (χ4v) is 2.88. The van der Waals surface area contributed by atoms with Gasteiger partial charge in [-0.25, -0.2) is 0 Å². The second kappa shape index (κ2) is 4.35. The number of carbonyl (C=O) groups excluding carboxylic acids is 1. The lowest BCUT2D eigenvalue weighted by molar-refractivity contribution is -0.135. The van der Waals surface area contributed by atoms with E-state index in [1.165, 1.54) is 5.56 Å². The summed E-state index contributed by atoms with van der Waals surface area (Å²) in [6, 6.07) is 2.48. The number of amides is 1. The normalized spacial score (nSPS) is 21.3. The molecule has 2 heterocycles. The van der Waals surface area contributed by atoms with Crippen LogP contribution in [-0.4, -0.2) is 17.4 Å². The first kappa shape index (κ1) is 10.7. The minimum Gasteiger partial charge on any atom is -0.335 e. The molecule has 1 unspecified atom stereocenters. The highest BCUT2D eigenvalue weighted by Crippen LogP contribution is 2.33. The van der Waals surface area contributed by atoms with Crippen LogP contribution in [0.2, 0.25) is 0 Å². The fraction of sp³-hybridized carbons (Fsp3) is 0.583. The zero-order chi connectivity index (χ0) is 10.8. The average molecular weight is 223 g/mol. The summed E-state index contributed by atoms with van der Waals surface area (Å²) in [5, 5.41) is 4.25. The van der Waals surface area contributed by atoms with Gasteiger partial charge in [0.05, 0.1) is 6.04 Å². The Balaban J connectivity index is 2.15. The number of rotatable bonds is 2. The highest BCUT2D eigenvalue weighted by atomic mass is 32.1. The summed E-state index contributed by atoms with van der Waals surface area (Å²) >= 11 is 1.71. The van der Waals surface area contributed by atoms with Crippen molar-refractivity contribution >= 4 is 17.2 Å². The third kappa shape index (κ3) is 2.07. The zero-order valence-corrected chi connectivity index (χ0v) is 10.1. The molecule has 2 nitrogen and oxygen atoms in total. The molecule has 82 valence electrons. The maximum absolute atomic E-state index is 12.0. The van der Waals surface area contributed by atoms with Gasteiger partial charge in [0.15, 0.2) is 0 Å². The Hall–Kier alpha value is -0.830. The molecule has 3 heteroatoms. The molecule has 1 atom stereocenters. The average Bonchev–Trinajstić information content (AvgIpc) is 2.86. The van der Waals surface area contributed by atoms with Crippen molar-refractivity contribution < 1.29 is 4.79 Å². The Bertz CT molecular complexity index is 331. The van der Waals surface area contributed by atoms with Crippen molar-refractivity contribution in [2.45, 2.75) is 32.7 Å².